The predicted molar refractivity (Wildman–Crippen MR) is 386 cm³/mol. The van der Waals surface area contributed by atoms with Gasteiger partial charge >= 0.3 is 39.5 Å². The zero-order valence-corrected chi connectivity index (χ0v) is 63.4. The smallest absolute Gasteiger partial charge is 0.462 e. The molecule has 0 radical (unpaired) electrons. The number of aliphatic hydroxyl groups excluding tert-OH is 1. The number of phosphoric acid groups is 2. The van der Waals surface area contributed by atoms with Crippen molar-refractivity contribution in [2.24, 2.45) is 17.8 Å². The van der Waals surface area contributed by atoms with Crippen LogP contribution in [0.25, 0.3) is 0 Å². The van der Waals surface area contributed by atoms with E-state index in [9.17, 15) is 43.2 Å². The summed E-state index contributed by atoms with van der Waals surface area (Å²) < 4.78 is 68.5. The summed E-state index contributed by atoms with van der Waals surface area (Å²) in [6, 6.07) is 0. The second kappa shape index (κ2) is 66.1. The standard InChI is InChI=1S/C76H144O17P2/c1-8-11-12-13-14-15-16-17-18-19-22-29-38-45-52-59-75(80)92-71(63-86-73(78)57-50-43-36-28-23-20-21-26-33-40-47-54-67(4)5)65-90-94(82,83)88-61-70(77)62-89-95(84,85)91-66-72(64-87-74(79)58-51-44-37-32-31-35-42-49-56-69(7)10-3)93-76(81)60-53-46-39-30-25-24-27-34-41-48-55-68(6)9-2/h15-18,67-72,77H,8-14,19-66H2,1-7H3,(H,82,83)(H,84,85)/b16-15-,18-17-/t68?,69?,70-,71-,72-/m1/s1. The van der Waals surface area contributed by atoms with Gasteiger partial charge in [0, 0.05) is 25.7 Å². The largest absolute Gasteiger partial charge is 0.472 e. The van der Waals surface area contributed by atoms with Crippen molar-refractivity contribution in [2.45, 2.75) is 381 Å². The molecule has 0 amide bonds. The fourth-order valence-corrected chi connectivity index (χ4v) is 12.6. The van der Waals surface area contributed by atoms with Crippen LogP contribution in [0.4, 0.5) is 0 Å². The van der Waals surface area contributed by atoms with Crippen molar-refractivity contribution in [2.75, 3.05) is 39.6 Å². The van der Waals surface area contributed by atoms with Gasteiger partial charge in [0.05, 0.1) is 26.4 Å². The van der Waals surface area contributed by atoms with E-state index in [2.05, 4.69) is 72.8 Å². The van der Waals surface area contributed by atoms with E-state index in [4.69, 9.17) is 37.0 Å². The molecule has 0 aromatic rings. The maximum Gasteiger partial charge on any atom is 0.472 e. The number of unbranched alkanes of at least 4 members (excludes halogenated alkanes) is 35. The Morgan fingerprint density at radius 1 is 0.347 bits per heavy atom. The molecule has 19 heteroatoms. The highest BCUT2D eigenvalue weighted by molar-refractivity contribution is 7.47. The summed E-state index contributed by atoms with van der Waals surface area (Å²) in [5.41, 5.74) is 0. The number of esters is 4. The summed E-state index contributed by atoms with van der Waals surface area (Å²) in [5.74, 6) is 0.198. The second-order valence-electron chi connectivity index (χ2n) is 27.7. The maximum atomic E-state index is 13.1. The van der Waals surface area contributed by atoms with E-state index in [1.54, 1.807) is 0 Å². The topological polar surface area (TPSA) is 237 Å². The van der Waals surface area contributed by atoms with E-state index in [1.807, 2.05) is 0 Å². The van der Waals surface area contributed by atoms with Crippen molar-refractivity contribution in [3.63, 3.8) is 0 Å². The van der Waals surface area contributed by atoms with E-state index in [0.717, 1.165) is 120 Å². The monoisotopic (exact) mass is 1390 g/mol. The number of aliphatic hydroxyl groups is 1. The van der Waals surface area contributed by atoms with Crippen molar-refractivity contribution in [3.05, 3.63) is 24.3 Å². The molecule has 0 saturated heterocycles. The molecule has 0 aliphatic heterocycles. The van der Waals surface area contributed by atoms with Gasteiger partial charge in [-0.2, -0.15) is 0 Å². The Balaban J connectivity index is 5.32. The Bertz CT molecular complexity index is 1950. The highest BCUT2D eigenvalue weighted by Crippen LogP contribution is 2.45. The summed E-state index contributed by atoms with van der Waals surface area (Å²) in [6.45, 7) is 11.9. The zero-order chi connectivity index (χ0) is 70.1. The van der Waals surface area contributed by atoms with Gasteiger partial charge in [-0.05, 0) is 69.1 Å². The van der Waals surface area contributed by atoms with Crippen molar-refractivity contribution in [3.8, 4) is 0 Å². The van der Waals surface area contributed by atoms with Crippen molar-refractivity contribution in [1.29, 1.82) is 0 Å². The molecule has 0 aromatic carbocycles. The molecule has 17 nitrogen and oxygen atoms in total. The summed E-state index contributed by atoms with van der Waals surface area (Å²) in [6.07, 6.45) is 54.7. The summed E-state index contributed by atoms with van der Waals surface area (Å²) in [5, 5.41) is 10.6. The van der Waals surface area contributed by atoms with Gasteiger partial charge < -0.3 is 33.8 Å². The third kappa shape index (κ3) is 67.2. The number of rotatable bonds is 72. The molecular weight excluding hydrogens is 1250 g/mol. The third-order valence-corrected chi connectivity index (χ3v) is 19.6. The van der Waals surface area contributed by atoms with Crippen LogP contribution in [0.5, 0.6) is 0 Å². The lowest BCUT2D eigenvalue weighted by Gasteiger charge is -2.21. The van der Waals surface area contributed by atoms with E-state index < -0.39 is 97.5 Å². The van der Waals surface area contributed by atoms with E-state index in [-0.39, 0.29) is 25.7 Å². The normalized spacial score (nSPS) is 14.8. The fourth-order valence-electron chi connectivity index (χ4n) is 11.0. The number of allylic oxidation sites excluding steroid dienone is 4. The van der Waals surface area contributed by atoms with Gasteiger partial charge in [-0.1, -0.05) is 310 Å². The van der Waals surface area contributed by atoms with E-state index in [1.165, 1.54) is 161 Å². The van der Waals surface area contributed by atoms with Gasteiger partial charge in [-0.25, -0.2) is 9.13 Å². The number of hydrogen-bond acceptors (Lipinski definition) is 15. The van der Waals surface area contributed by atoms with Gasteiger partial charge in [0.15, 0.2) is 12.2 Å². The summed E-state index contributed by atoms with van der Waals surface area (Å²) in [4.78, 5) is 72.8. The SMILES string of the molecule is CCCCCC/C=C\C=C/CCCCCCCC(=O)O[C@H](COC(=O)CCCCCCCCCCCCCC(C)C)COP(=O)(O)OC[C@@H](O)COP(=O)(O)OC[C@@H](COC(=O)CCCCCCCCCCC(C)CC)OC(=O)CCCCCCCCCCCCC(C)CC. The molecule has 0 rings (SSSR count). The average Bonchev–Trinajstić information content (AvgIpc) is 1.76. The summed E-state index contributed by atoms with van der Waals surface area (Å²) >= 11 is 0. The number of carbonyl (C=O) groups excluding carboxylic acids is 4. The molecule has 0 fully saturated rings. The number of ether oxygens (including phenoxy) is 4. The maximum absolute atomic E-state index is 13.1. The van der Waals surface area contributed by atoms with Crippen LogP contribution in [0.1, 0.15) is 363 Å². The van der Waals surface area contributed by atoms with Crippen LogP contribution in [0.2, 0.25) is 0 Å². The Kier molecular flexibility index (Phi) is 64.4. The van der Waals surface area contributed by atoms with Gasteiger partial charge in [0.1, 0.15) is 19.3 Å². The molecule has 0 spiro atoms. The van der Waals surface area contributed by atoms with E-state index >= 15 is 0 Å². The molecule has 3 N–H and O–H groups in total. The quantitative estimate of drug-likeness (QED) is 0.0169. The Morgan fingerprint density at radius 2 is 0.621 bits per heavy atom. The molecule has 0 bridgehead atoms. The van der Waals surface area contributed by atoms with Crippen LogP contribution in [-0.4, -0.2) is 96.7 Å². The third-order valence-electron chi connectivity index (χ3n) is 17.7. The van der Waals surface area contributed by atoms with Crippen molar-refractivity contribution in [1.82, 2.24) is 0 Å². The average molecular weight is 1390 g/mol. The highest BCUT2D eigenvalue weighted by Gasteiger charge is 2.30. The lowest BCUT2D eigenvalue weighted by molar-refractivity contribution is -0.161. The van der Waals surface area contributed by atoms with Crippen LogP contribution in [0.15, 0.2) is 24.3 Å². The first-order valence-corrected chi connectivity index (χ1v) is 41.7. The van der Waals surface area contributed by atoms with E-state index in [0.29, 0.717) is 25.7 Å². The molecule has 95 heavy (non-hydrogen) atoms. The first kappa shape index (κ1) is 92.5. The molecule has 0 aliphatic carbocycles. The number of phosphoric ester groups is 2. The Morgan fingerprint density at radius 3 is 0.937 bits per heavy atom. The molecule has 0 aliphatic rings. The Hall–Kier alpha value is -2.46. The van der Waals surface area contributed by atoms with Crippen LogP contribution in [-0.2, 0) is 65.4 Å². The van der Waals surface area contributed by atoms with Gasteiger partial charge in [0.2, 0.25) is 0 Å². The minimum Gasteiger partial charge on any atom is -0.462 e. The lowest BCUT2D eigenvalue weighted by Crippen LogP contribution is -2.30. The molecule has 0 saturated carbocycles. The molecule has 560 valence electrons. The number of hydrogen-bond donors (Lipinski definition) is 3. The molecule has 0 heterocycles. The van der Waals surface area contributed by atoms with Crippen molar-refractivity contribution < 1.29 is 80.2 Å². The first-order valence-electron chi connectivity index (χ1n) is 38.7. The minimum atomic E-state index is -4.97. The van der Waals surface area contributed by atoms with Gasteiger partial charge in [0.25, 0.3) is 0 Å². The van der Waals surface area contributed by atoms with Crippen LogP contribution >= 0.6 is 15.6 Å². The van der Waals surface area contributed by atoms with Crippen LogP contribution < -0.4 is 0 Å². The lowest BCUT2D eigenvalue weighted by atomic mass is 9.99. The van der Waals surface area contributed by atoms with Gasteiger partial charge in [-0.3, -0.25) is 37.3 Å². The molecule has 7 atom stereocenters. The zero-order valence-electron chi connectivity index (χ0n) is 61.6. The van der Waals surface area contributed by atoms with Crippen LogP contribution in [0.3, 0.4) is 0 Å². The van der Waals surface area contributed by atoms with Gasteiger partial charge in [-0.15, -0.1) is 0 Å². The highest BCUT2D eigenvalue weighted by atomic mass is 31.2. The predicted octanol–water partition coefficient (Wildman–Crippen LogP) is 21.7. The Labute approximate surface area is 580 Å². The second-order valence-corrected chi connectivity index (χ2v) is 30.6. The molecule has 4 unspecified atom stereocenters. The first-order chi connectivity index (χ1) is 45.8. The van der Waals surface area contributed by atoms with Crippen molar-refractivity contribution >= 4 is 39.5 Å². The van der Waals surface area contributed by atoms with Crippen LogP contribution in [0, 0.1) is 17.8 Å². The summed E-state index contributed by atoms with van der Waals surface area (Å²) in [7, 11) is -9.93. The fraction of sp³-hybridized carbons (Fsp3) is 0.895. The minimum absolute atomic E-state index is 0.0846. The molecular formula is C76H144O17P2. The molecule has 0 aromatic heterocycles. The number of carbonyl (C=O) groups is 4.